The predicted molar refractivity (Wildman–Crippen MR) is 86.8 cm³/mol. The second-order valence-electron chi connectivity index (χ2n) is 5.49. The van der Waals surface area contributed by atoms with Gasteiger partial charge in [0.15, 0.2) is 0 Å². The molecule has 2 nitrogen and oxygen atoms in total. The SMILES string of the molecule is CCC1CCC(CN)C(S(=O)c2cc(Cl)ccc2Cl)C1. The fourth-order valence-electron chi connectivity index (χ4n) is 2.97. The third-order valence-electron chi connectivity index (χ3n) is 4.30. The van der Waals surface area contributed by atoms with Crippen LogP contribution in [0.1, 0.15) is 32.6 Å². The molecular formula is C15H21Cl2NOS. The minimum atomic E-state index is -1.14. The van der Waals surface area contributed by atoms with E-state index >= 15 is 0 Å². The molecule has 112 valence electrons. The van der Waals surface area contributed by atoms with Crippen molar-refractivity contribution in [2.24, 2.45) is 17.6 Å². The minimum Gasteiger partial charge on any atom is -0.330 e. The highest BCUT2D eigenvalue weighted by molar-refractivity contribution is 7.85. The monoisotopic (exact) mass is 333 g/mol. The van der Waals surface area contributed by atoms with Crippen molar-refractivity contribution in [1.82, 2.24) is 0 Å². The number of benzene rings is 1. The molecule has 4 atom stereocenters. The molecular weight excluding hydrogens is 313 g/mol. The van der Waals surface area contributed by atoms with Crippen LogP contribution in [0.5, 0.6) is 0 Å². The van der Waals surface area contributed by atoms with Crippen LogP contribution >= 0.6 is 23.2 Å². The molecule has 0 aromatic heterocycles. The molecule has 4 unspecified atom stereocenters. The number of rotatable bonds is 4. The summed E-state index contributed by atoms with van der Waals surface area (Å²) in [4.78, 5) is 0.652. The largest absolute Gasteiger partial charge is 0.330 e. The van der Waals surface area contributed by atoms with Gasteiger partial charge in [-0.3, -0.25) is 4.21 Å². The van der Waals surface area contributed by atoms with Crippen LogP contribution in [0.15, 0.2) is 23.1 Å². The van der Waals surface area contributed by atoms with Gasteiger partial charge in [0.25, 0.3) is 0 Å². The maximum Gasteiger partial charge on any atom is 0.0592 e. The normalized spacial score (nSPS) is 28.3. The first-order valence-corrected chi connectivity index (χ1v) is 9.09. The van der Waals surface area contributed by atoms with Gasteiger partial charge in [0.1, 0.15) is 0 Å². The van der Waals surface area contributed by atoms with Crippen LogP contribution in [0.4, 0.5) is 0 Å². The van der Waals surface area contributed by atoms with Gasteiger partial charge in [-0.2, -0.15) is 0 Å². The van der Waals surface area contributed by atoms with E-state index in [0.717, 1.165) is 19.3 Å². The molecule has 0 amide bonds. The summed E-state index contributed by atoms with van der Waals surface area (Å²) < 4.78 is 12.9. The summed E-state index contributed by atoms with van der Waals surface area (Å²) >= 11 is 12.2. The molecule has 0 radical (unpaired) electrons. The Morgan fingerprint density at radius 1 is 1.35 bits per heavy atom. The summed E-state index contributed by atoms with van der Waals surface area (Å²) in [6, 6.07) is 5.17. The van der Waals surface area contributed by atoms with Gasteiger partial charge in [-0.1, -0.05) is 43.0 Å². The van der Waals surface area contributed by atoms with Crippen molar-refractivity contribution < 1.29 is 4.21 Å². The second kappa shape index (κ2) is 7.26. The van der Waals surface area contributed by atoms with E-state index in [-0.39, 0.29) is 5.25 Å². The highest BCUT2D eigenvalue weighted by Gasteiger charge is 2.34. The van der Waals surface area contributed by atoms with E-state index in [1.807, 2.05) is 0 Å². The number of nitrogens with two attached hydrogens (primary N) is 1. The topological polar surface area (TPSA) is 43.1 Å². The maximum atomic E-state index is 12.9. The fourth-order valence-corrected chi connectivity index (χ4v) is 5.43. The Morgan fingerprint density at radius 2 is 2.10 bits per heavy atom. The highest BCUT2D eigenvalue weighted by atomic mass is 35.5. The molecule has 1 aromatic carbocycles. The van der Waals surface area contributed by atoms with Crippen molar-refractivity contribution in [3.05, 3.63) is 28.2 Å². The molecule has 20 heavy (non-hydrogen) atoms. The van der Waals surface area contributed by atoms with E-state index < -0.39 is 10.8 Å². The standard InChI is InChI=1S/C15H21Cl2NOS/c1-2-10-3-4-11(9-18)14(7-10)20(19)15-8-12(16)5-6-13(15)17/h5-6,8,10-11,14H,2-4,7,9,18H2,1H3. The Balaban J connectivity index is 2.26. The van der Waals surface area contributed by atoms with Crippen LogP contribution in [0.3, 0.4) is 0 Å². The van der Waals surface area contributed by atoms with Gasteiger partial charge in [0.2, 0.25) is 0 Å². The molecule has 0 aliphatic heterocycles. The first kappa shape index (κ1) is 16.3. The lowest BCUT2D eigenvalue weighted by atomic mass is 9.80. The van der Waals surface area contributed by atoms with Gasteiger partial charge in [-0.25, -0.2) is 0 Å². The zero-order valence-corrected chi connectivity index (χ0v) is 14.0. The lowest BCUT2D eigenvalue weighted by Gasteiger charge is -2.34. The quantitative estimate of drug-likeness (QED) is 0.894. The van der Waals surface area contributed by atoms with Gasteiger partial charge >= 0.3 is 0 Å². The number of halogens is 2. The molecule has 1 fully saturated rings. The summed E-state index contributed by atoms with van der Waals surface area (Å²) in [7, 11) is -1.14. The lowest BCUT2D eigenvalue weighted by molar-refractivity contribution is 0.280. The van der Waals surface area contributed by atoms with E-state index in [9.17, 15) is 4.21 Å². The van der Waals surface area contributed by atoms with Crippen LogP contribution in [-0.2, 0) is 10.8 Å². The molecule has 1 aliphatic carbocycles. The Kier molecular flexibility index (Phi) is 5.91. The average molecular weight is 334 g/mol. The van der Waals surface area contributed by atoms with E-state index in [4.69, 9.17) is 28.9 Å². The second-order valence-corrected chi connectivity index (χ2v) is 7.98. The molecule has 2 rings (SSSR count). The highest BCUT2D eigenvalue weighted by Crippen LogP contribution is 2.37. The van der Waals surface area contributed by atoms with Gasteiger partial charge in [-0.05, 0) is 49.4 Å². The molecule has 0 bridgehead atoms. The van der Waals surface area contributed by atoms with Crippen molar-refractivity contribution in [3.8, 4) is 0 Å². The molecule has 1 aliphatic rings. The van der Waals surface area contributed by atoms with E-state index in [1.54, 1.807) is 18.2 Å². The van der Waals surface area contributed by atoms with Gasteiger partial charge < -0.3 is 5.73 Å². The van der Waals surface area contributed by atoms with Crippen molar-refractivity contribution in [2.75, 3.05) is 6.54 Å². The van der Waals surface area contributed by atoms with E-state index in [2.05, 4.69) is 6.92 Å². The maximum absolute atomic E-state index is 12.9. The summed E-state index contributed by atoms with van der Waals surface area (Å²) in [5.41, 5.74) is 5.87. The molecule has 0 saturated heterocycles. The first-order valence-electron chi connectivity index (χ1n) is 7.12. The third-order valence-corrected chi connectivity index (χ3v) is 6.88. The van der Waals surface area contributed by atoms with Crippen LogP contribution < -0.4 is 5.73 Å². The Bertz CT molecular complexity index is 495. The van der Waals surface area contributed by atoms with Crippen LogP contribution in [0.2, 0.25) is 10.0 Å². The first-order chi connectivity index (χ1) is 9.56. The molecule has 5 heteroatoms. The molecule has 1 saturated carbocycles. The Labute approximate surface area is 133 Å². The van der Waals surface area contributed by atoms with Crippen LogP contribution in [0, 0.1) is 11.8 Å². The lowest BCUT2D eigenvalue weighted by Crippen LogP contribution is -2.37. The predicted octanol–water partition coefficient (Wildman–Crippen LogP) is 4.25. The summed E-state index contributed by atoms with van der Waals surface area (Å²) in [6.07, 6.45) is 4.35. The summed E-state index contributed by atoms with van der Waals surface area (Å²) in [5, 5.41) is 1.20. The zero-order valence-electron chi connectivity index (χ0n) is 11.6. The molecule has 0 spiro atoms. The minimum absolute atomic E-state index is 0.0923. The molecule has 2 N–H and O–H groups in total. The van der Waals surface area contributed by atoms with Crippen molar-refractivity contribution in [2.45, 2.75) is 42.8 Å². The van der Waals surface area contributed by atoms with Gasteiger partial charge in [-0.15, -0.1) is 0 Å². The average Bonchev–Trinajstić information content (AvgIpc) is 2.48. The third kappa shape index (κ3) is 3.56. The summed E-state index contributed by atoms with van der Waals surface area (Å²) in [6.45, 7) is 2.78. The van der Waals surface area contributed by atoms with Crippen molar-refractivity contribution in [3.63, 3.8) is 0 Å². The van der Waals surface area contributed by atoms with Crippen LogP contribution in [0.25, 0.3) is 0 Å². The summed E-state index contributed by atoms with van der Waals surface area (Å²) in [5.74, 6) is 0.957. The molecule has 1 aromatic rings. The number of hydrogen-bond donors (Lipinski definition) is 1. The van der Waals surface area contributed by atoms with Gasteiger partial charge in [0, 0.05) is 10.3 Å². The van der Waals surface area contributed by atoms with Crippen molar-refractivity contribution >= 4 is 34.0 Å². The smallest absolute Gasteiger partial charge is 0.0592 e. The zero-order chi connectivity index (χ0) is 14.7. The fraction of sp³-hybridized carbons (Fsp3) is 0.600. The Hall–Kier alpha value is -0.0900. The molecule has 0 heterocycles. The van der Waals surface area contributed by atoms with E-state index in [1.165, 1.54) is 6.42 Å². The van der Waals surface area contributed by atoms with E-state index in [0.29, 0.717) is 33.3 Å². The van der Waals surface area contributed by atoms with Crippen molar-refractivity contribution in [1.29, 1.82) is 0 Å². The number of hydrogen-bond acceptors (Lipinski definition) is 2. The Morgan fingerprint density at radius 3 is 2.75 bits per heavy atom. The van der Waals surface area contributed by atoms with Crippen LogP contribution in [-0.4, -0.2) is 16.0 Å². The van der Waals surface area contributed by atoms with Gasteiger partial charge in [0.05, 0.1) is 20.7 Å².